The van der Waals surface area contributed by atoms with E-state index in [1.807, 2.05) is 19.1 Å². The van der Waals surface area contributed by atoms with E-state index in [9.17, 15) is 14.9 Å². The molecule has 10 heteroatoms. The molecule has 0 aliphatic carbocycles. The second-order valence-electron chi connectivity index (χ2n) is 11.2. The summed E-state index contributed by atoms with van der Waals surface area (Å²) < 4.78 is 34.8. The third kappa shape index (κ3) is 8.11. The Balaban J connectivity index is 1.49. The number of aryl methyl sites for hydroxylation is 1. The Bertz CT molecular complexity index is 1510. The van der Waals surface area contributed by atoms with E-state index in [0.29, 0.717) is 36.9 Å². The number of rotatable bonds is 11. The number of carbonyl (C=O) groups is 2. The predicted octanol–water partition coefficient (Wildman–Crippen LogP) is 7.38. The van der Waals surface area contributed by atoms with Crippen LogP contribution in [0.2, 0.25) is 10.0 Å². The number of halogens is 4. The fourth-order valence-electron chi connectivity index (χ4n) is 5.83. The van der Waals surface area contributed by atoms with Gasteiger partial charge in [-0.05, 0) is 79.0 Å². The molecule has 3 aromatic rings. The number of hydrogen-bond donors (Lipinski definition) is 2. The Labute approximate surface area is 260 Å². The Morgan fingerprint density at radius 2 is 1.88 bits per heavy atom. The first-order valence-corrected chi connectivity index (χ1v) is 14.8. The van der Waals surface area contributed by atoms with Gasteiger partial charge in [0.05, 0.1) is 30.2 Å². The van der Waals surface area contributed by atoms with Crippen molar-refractivity contribution in [1.29, 1.82) is 5.26 Å². The van der Waals surface area contributed by atoms with Crippen molar-refractivity contribution >= 4 is 40.8 Å². The highest BCUT2D eigenvalue weighted by atomic mass is 35.5. The fraction of sp³-hybridized carbons (Fsp3) is 0.364. The van der Waals surface area contributed by atoms with Crippen LogP contribution in [0.1, 0.15) is 55.2 Å². The molecule has 0 spiro atoms. The van der Waals surface area contributed by atoms with Crippen molar-refractivity contribution in [2.45, 2.75) is 63.5 Å². The summed E-state index contributed by atoms with van der Waals surface area (Å²) in [5.74, 6) is -2.60. The van der Waals surface area contributed by atoms with Gasteiger partial charge in [0.1, 0.15) is 11.6 Å². The van der Waals surface area contributed by atoms with E-state index < -0.39 is 29.0 Å². The number of benzene rings is 3. The van der Waals surface area contributed by atoms with Crippen LogP contribution >= 0.6 is 23.2 Å². The molecule has 0 radical (unpaired) electrons. The zero-order chi connectivity index (χ0) is 31.1. The number of anilines is 1. The van der Waals surface area contributed by atoms with Crippen LogP contribution in [0, 0.1) is 28.4 Å². The highest BCUT2D eigenvalue weighted by Gasteiger charge is 2.42. The van der Waals surface area contributed by atoms with E-state index in [2.05, 4.69) is 21.4 Å². The normalized spacial score (nSPS) is 18.3. The van der Waals surface area contributed by atoms with E-state index in [1.165, 1.54) is 31.4 Å². The number of nitriles is 1. The van der Waals surface area contributed by atoms with Crippen molar-refractivity contribution in [3.05, 3.63) is 99.0 Å². The first-order chi connectivity index (χ1) is 20.5. The molecule has 4 rings (SSSR count). The zero-order valence-electron chi connectivity index (χ0n) is 23.9. The average molecular weight is 629 g/mol. The molecule has 0 aromatic heterocycles. The largest absolute Gasteiger partial charge is 0.469 e. The van der Waals surface area contributed by atoms with E-state index in [1.54, 1.807) is 24.3 Å². The molecule has 2 unspecified atom stereocenters. The molecule has 2 N–H and O–H groups in total. The summed E-state index contributed by atoms with van der Waals surface area (Å²) in [5.41, 5.74) is 1.15. The molecule has 43 heavy (non-hydrogen) atoms. The van der Waals surface area contributed by atoms with E-state index >= 15 is 8.78 Å². The van der Waals surface area contributed by atoms with E-state index in [-0.39, 0.29) is 46.4 Å². The third-order valence-electron chi connectivity index (χ3n) is 8.06. The monoisotopic (exact) mass is 627 g/mol. The Hall–Kier alpha value is -3.51. The Morgan fingerprint density at radius 1 is 1.14 bits per heavy atom. The maximum Gasteiger partial charge on any atom is 0.305 e. The van der Waals surface area contributed by atoms with Crippen molar-refractivity contribution in [1.82, 2.24) is 5.32 Å². The van der Waals surface area contributed by atoms with Crippen LogP contribution < -0.4 is 10.6 Å². The zero-order valence-corrected chi connectivity index (χ0v) is 25.4. The molecule has 1 aliphatic rings. The minimum atomic E-state index is -0.935. The second kappa shape index (κ2) is 14.3. The maximum absolute atomic E-state index is 15.1. The molecule has 1 heterocycles. The molecular formula is C33H33Cl2F2N3O3. The van der Waals surface area contributed by atoms with E-state index in [4.69, 9.17) is 23.2 Å². The van der Waals surface area contributed by atoms with Crippen molar-refractivity contribution < 1.29 is 23.1 Å². The summed E-state index contributed by atoms with van der Waals surface area (Å²) in [7, 11) is 1.35. The first-order valence-electron chi connectivity index (χ1n) is 14.0. The lowest BCUT2D eigenvalue weighted by Crippen LogP contribution is -2.42. The second-order valence-corrected chi connectivity index (χ2v) is 12.1. The summed E-state index contributed by atoms with van der Waals surface area (Å²) in [4.78, 5) is 24.5. The predicted molar refractivity (Wildman–Crippen MR) is 163 cm³/mol. The smallest absolute Gasteiger partial charge is 0.305 e. The van der Waals surface area contributed by atoms with Crippen LogP contribution in [-0.4, -0.2) is 31.1 Å². The van der Waals surface area contributed by atoms with Gasteiger partial charge in [0.2, 0.25) is 5.91 Å². The highest BCUT2D eigenvalue weighted by molar-refractivity contribution is 6.31. The minimum Gasteiger partial charge on any atom is -0.469 e. The summed E-state index contributed by atoms with van der Waals surface area (Å²) >= 11 is 12.0. The van der Waals surface area contributed by atoms with Gasteiger partial charge in [-0.15, -0.1) is 0 Å². The average Bonchev–Trinajstić information content (AvgIpc) is 3.44. The summed E-state index contributed by atoms with van der Waals surface area (Å²) in [6.07, 6.45) is 2.50. The van der Waals surface area contributed by atoms with Gasteiger partial charge < -0.3 is 15.4 Å². The molecule has 0 bridgehead atoms. The van der Waals surface area contributed by atoms with Gasteiger partial charge in [0.15, 0.2) is 0 Å². The lowest BCUT2D eigenvalue weighted by molar-refractivity contribution is -0.140. The molecular weight excluding hydrogens is 595 g/mol. The summed E-state index contributed by atoms with van der Waals surface area (Å²) in [6, 6.07) is 17.8. The Kier molecular flexibility index (Phi) is 10.8. The van der Waals surface area contributed by atoms with Crippen molar-refractivity contribution in [3.63, 3.8) is 0 Å². The quantitative estimate of drug-likeness (QED) is 0.216. The molecule has 0 saturated carbocycles. The van der Waals surface area contributed by atoms with Crippen LogP contribution in [0.15, 0.2) is 60.7 Å². The van der Waals surface area contributed by atoms with Crippen LogP contribution in [0.25, 0.3) is 0 Å². The van der Waals surface area contributed by atoms with Gasteiger partial charge >= 0.3 is 5.97 Å². The van der Waals surface area contributed by atoms with Gasteiger partial charge in [-0.25, -0.2) is 8.78 Å². The number of amides is 1. The van der Waals surface area contributed by atoms with Gasteiger partial charge in [-0.3, -0.25) is 9.59 Å². The third-order valence-corrected chi connectivity index (χ3v) is 8.59. The fourth-order valence-corrected chi connectivity index (χ4v) is 6.18. The highest BCUT2D eigenvalue weighted by Crippen LogP contribution is 2.45. The van der Waals surface area contributed by atoms with Crippen LogP contribution in [0.3, 0.4) is 0 Å². The standard InChI is InChI=1S/C33H33Cl2F2N3O3/c1-33(17-21-4-3-5-27(35)31(21)37,26(19-38)25-13-9-22(34)16-28(25)36)18-24-12-14-29(39-24)32(42)40-23-10-6-20(7-11-23)8-15-30(41)43-2/h3-7,9-11,13,16,24,26,29,39H,8,12,14-15,17-18H2,1-2H3,(H,40,42)/t24-,26?,29+,33?/m0/s1. The van der Waals surface area contributed by atoms with Gasteiger partial charge in [-0.1, -0.05) is 60.5 Å². The Morgan fingerprint density at radius 3 is 2.56 bits per heavy atom. The minimum absolute atomic E-state index is 0.0294. The van der Waals surface area contributed by atoms with Crippen LogP contribution in [-0.2, 0) is 27.2 Å². The number of methoxy groups -OCH3 is 1. The summed E-state index contributed by atoms with van der Waals surface area (Å²) in [6.45, 7) is 1.84. The molecule has 3 aromatic carbocycles. The molecule has 6 nitrogen and oxygen atoms in total. The number of nitrogens with one attached hydrogen (secondary N) is 2. The lowest BCUT2D eigenvalue weighted by Gasteiger charge is -2.37. The van der Waals surface area contributed by atoms with Crippen LogP contribution in [0.5, 0.6) is 0 Å². The number of esters is 1. The summed E-state index contributed by atoms with van der Waals surface area (Å²) in [5, 5.41) is 16.8. The first kappa shape index (κ1) is 32.4. The molecule has 226 valence electrons. The molecule has 1 amide bonds. The molecule has 1 saturated heterocycles. The van der Waals surface area contributed by atoms with Crippen molar-refractivity contribution in [2.75, 3.05) is 12.4 Å². The van der Waals surface area contributed by atoms with Gasteiger partial charge in [0.25, 0.3) is 0 Å². The topological polar surface area (TPSA) is 91.2 Å². The molecule has 4 atom stereocenters. The number of carbonyl (C=O) groups excluding carboxylic acids is 2. The maximum atomic E-state index is 15.1. The van der Waals surface area contributed by atoms with Crippen molar-refractivity contribution in [3.8, 4) is 6.07 Å². The van der Waals surface area contributed by atoms with Gasteiger partial charge in [-0.2, -0.15) is 5.26 Å². The lowest BCUT2D eigenvalue weighted by atomic mass is 9.66. The van der Waals surface area contributed by atoms with Gasteiger partial charge in [0, 0.05) is 28.7 Å². The molecule has 1 aliphatic heterocycles. The molecule has 1 fully saturated rings. The number of nitrogens with zero attached hydrogens (tertiary/aromatic N) is 1. The SMILES string of the molecule is COC(=O)CCc1ccc(NC(=O)[C@H]2CC[C@@H](CC(C)(Cc3cccc(Cl)c3F)C(C#N)c3ccc(Cl)cc3F)N2)cc1. The van der Waals surface area contributed by atoms with E-state index in [0.717, 1.165) is 5.56 Å². The van der Waals surface area contributed by atoms with Crippen LogP contribution in [0.4, 0.5) is 14.5 Å². The van der Waals surface area contributed by atoms with Crippen molar-refractivity contribution in [2.24, 2.45) is 5.41 Å². The number of hydrogen-bond acceptors (Lipinski definition) is 5. The number of ether oxygens (including phenoxy) is 1.